The number of carbonyl (C=O) groups excluding carboxylic acids is 1. The largest absolute Gasteiger partial charge is 0.325 e. The molecule has 2 N–H and O–H groups in total. The van der Waals surface area contributed by atoms with Crippen LogP contribution in [0.5, 0.6) is 0 Å². The molecule has 2 aromatic rings. The van der Waals surface area contributed by atoms with Crippen LogP contribution in [0.15, 0.2) is 30.3 Å². The van der Waals surface area contributed by atoms with Gasteiger partial charge >= 0.3 is 0 Å². The minimum Gasteiger partial charge on any atom is -0.325 e. The van der Waals surface area contributed by atoms with Crippen LogP contribution < -0.4 is 10.6 Å². The highest BCUT2D eigenvalue weighted by molar-refractivity contribution is 5.97. The molecule has 0 radical (unpaired) electrons. The standard InChI is InChI=1S/C23H30N2O/c1-14-9-15(2)21(16(3)10-14)25-22(26)20-13-24-12-17-11-18(23(4,5)6)7-8-19(17)20/h7-11,20,24H,12-13H2,1-6H3,(H,25,26). The molecule has 138 valence electrons. The highest BCUT2D eigenvalue weighted by atomic mass is 16.1. The van der Waals surface area contributed by atoms with Gasteiger partial charge in [-0.2, -0.15) is 0 Å². The van der Waals surface area contributed by atoms with Crippen LogP contribution in [0, 0.1) is 20.8 Å². The molecule has 1 aliphatic heterocycles. The molecule has 0 spiro atoms. The normalized spacial score (nSPS) is 16.9. The van der Waals surface area contributed by atoms with Gasteiger partial charge < -0.3 is 10.6 Å². The lowest BCUT2D eigenvalue weighted by atomic mass is 9.82. The van der Waals surface area contributed by atoms with E-state index in [1.807, 2.05) is 0 Å². The van der Waals surface area contributed by atoms with E-state index in [-0.39, 0.29) is 17.2 Å². The first-order valence-electron chi connectivity index (χ1n) is 9.39. The molecule has 0 aromatic heterocycles. The van der Waals surface area contributed by atoms with Crippen LogP contribution in [0.2, 0.25) is 0 Å². The van der Waals surface area contributed by atoms with Gasteiger partial charge in [0.05, 0.1) is 5.92 Å². The second-order valence-electron chi connectivity index (χ2n) is 8.61. The van der Waals surface area contributed by atoms with Crippen LogP contribution in [0.25, 0.3) is 0 Å². The maximum atomic E-state index is 13.1. The van der Waals surface area contributed by atoms with E-state index in [2.05, 4.69) is 82.5 Å². The molecule has 3 heteroatoms. The number of aryl methyl sites for hydroxylation is 3. The minimum atomic E-state index is -0.159. The number of hydrogen-bond donors (Lipinski definition) is 2. The number of carbonyl (C=O) groups is 1. The Morgan fingerprint density at radius 3 is 2.35 bits per heavy atom. The molecule has 1 unspecified atom stereocenters. The second-order valence-corrected chi connectivity index (χ2v) is 8.61. The first-order chi connectivity index (χ1) is 12.2. The number of amides is 1. The zero-order chi connectivity index (χ0) is 19.1. The molecule has 0 bridgehead atoms. The molecular formula is C23H30N2O. The van der Waals surface area contributed by atoms with Gasteiger partial charge in [-0.15, -0.1) is 0 Å². The van der Waals surface area contributed by atoms with Crippen LogP contribution in [-0.4, -0.2) is 12.5 Å². The van der Waals surface area contributed by atoms with Crippen molar-refractivity contribution in [3.05, 3.63) is 63.7 Å². The second kappa shape index (κ2) is 6.88. The Morgan fingerprint density at radius 2 is 1.73 bits per heavy atom. The molecule has 3 rings (SSSR count). The van der Waals surface area contributed by atoms with E-state index in [0.717, 1.165) is 28.9 Å². The fraction of sp³-hybridized carbons (Fsp3) is 0.435. The van der Waals surface area contributed by atoms with Crippen LogP contribution >= 0.6 is 0 Å². The average molecular weight is 351 g/mol. The van der Waals surface area contributed by atoms with E-state index in [1.54, 1.807) is 0 Å². The third kappa shape index (κ3) is 3.68. The molecule has 26 heavy (non-hydrogen) atoms. The number of fused-ring (bicyclic) bond motifs is 1. The molecule has 1 amide bonds. The van der Waals surface area contributed by atoms with Crippen molar-refractivity contribution in [2.75, 3.05) is 11.9 Å². The molecule has 1 aliphatic rings. The predicted octanol–water partition coefficient (Wildman–Crippen LogP) is 4.73. The summed E-state index contributed by atoms with van der Waals surface area (Å²) < 4.78 is 0. The molecule has 2 aromatic carbocycles. The lowest BCUT2D eigenvalue weighted by molar-refractivity contribution is -0.117. The summed E-state index contributed by atoms with van der Waals surface area (Å²) in [6.07, 6.45) is 0. The zero-order valence-electron chi connectivity index (χ0n) is 16.8. The predicted molar refractivity (Wildman–Crippen MR) is 109 cm³/mol. The lowest BCUT2D eigenvalue weighted by Crippen LogP contribution is -2.36. The van der Waals surface area contributed by atoms with Crippen molar-refractivity contribution in [2.45, 2.75) is 59.4 Å². The summed E-state index contributed by atoms with van der Waals surface area (Å²) in [4.78, 5) is 13.1. The smallest absolute Gasteiger partial charge is 0.233 e. The maximum absolute atomic E-state index is 13.1. The van der Waals surface area contributed by atoms with Crippen molar-refractivity contribution < 1.29 is 4.79 Å². The molecule has 0 saturated carbocycles. The van der Waals surface area contributed by atoms with Crippen molar-refractivity contribution in [1.29, 1.82) is 0 Å². The van der Waals surface area contributed by atoms with Crippen LogP contribution in [-0.2, 0) is 16.8 Å². The molecule has 0 aliphatic carbocycles. The van der Waals surface area contributed by atoms with Gasteiger partial charge in [-0.05, 0) is 54.0 Å². The summed E-state index contributed by atoms with van der Waals surface area (Å²) >= 11 is 0. The average Bonchev–Trinajstić information content (AvgIpc) is 2.56. The third-order valence-corrected chi connectivity index (χ3v) is 5.29. The van der Waals surface area contributed by atoms with Crippen molar-refractivity contribution >= 4 is 11.6 Å². The van der Waals surface area contributed by atoms with Crippen LogP contribution in [0.3, 0.4) is 0 Å². The van der Waals surface area contributed by atoms with Crippen molar-refractivity contribution in [3.63, 3.8) is 0 Å². The Balaban J connectivity index is 1.89. The van der Waals surface area contributed by atoms with Crippen molar-refractivity contribution in [1.82, 2.24) is 5.32 Å². The maximum Gasteiger partial charge on any atom is 0.233 e. The minimum absolute atomic E-state index is 0.0667. The quantitative estimate of drug-likeness (QED) is 0.822. The molecule has 0 fully saturated rings. The number of rotatable bonds is 2. The Bertz CT molecular complexity index is 823. The Labute approximate surface area is 157 Å². The van der Waals surface area contributed by atoms with E-state index < -0.39 is 0 Å². The van der Waals surface area contributed by atoms with Crippen molar-refractivity contribution in [3.8, 4) is 0 Å². The molecule has 0 saturated heterocycles. The molecule has 3 nitrogen and oxygen atoms in total. The van der Waals surface area contributed by atoms with Gasteiger partial charge in [0.1, 0.15) is 0 Å². The summed E-state index contributed by atoms with van der Waals surface area (Å²) in [5, 5.41) is 6.60. The SMILES string of the molecule is Cc1cc(C)c(NC(=O)C2CNCc3cc(C(C)(C)C)ccc32)c(C)c1. The van der Waals surface area contributed by atoms with Gasteiger partial charge in [0.25, 0.3) is 0 Å². The summed E-state index contributed by atoms with van der Waals surface area (Å²) in [5.74, 6) is -0.0927. The third-order valence-electron chi connectivity index (χ3n) is 5.29. The molecular weight excluding hydrogens is 320 g/mol. The Hall–Kier alpha value is -2.13. The van der Waals surface area contributed by atoms with Crippen LogP contribution in [0.4, 0.5) is 5.69 Å². The van der Waals surface area contributed by atoms with Gasteiger partial charge in [-0.1, -0.05) is 56.7 Å². The number of benzene rings is 2. The Kier molecular flexibility index (Phi) is 4.94. The summed E-state index contributed by atoms with van der Waals surface area (Å²) in [6.45, 7) is 14.4. The highest BCUT2D eigenvalue weighted by Crippen LogP contribution is 2.31. The topological polar surface area (TPSA) is 41.1 Å². The van der Waals surface area contributed by atoms with Crippen LogP contribution in [0.1, 0.15) is 60.1 Å². The van der Waals surface area contributed by atoms with E-state index in [1.165, 1.54) is 16.7 Å². The summed E-state index contributed by atoms with van der Waals surface area (Å²) in [7, 11) is 0. The molecule has 1 atom stereocenters. The van der Waals surface area contributed by atoms with Gasteiger partial charge in [-0.25, -0.2) is 0 Å². The number of anilines is 1. The Morgan fingerprint density at radius 1 is 1.08 bits per heavy atom. The van der Waals surface area contributed by atoms with Gasteiger partial charge in [0.15, 0.2) is 0 Å². The number of nitrogens with one attached hydrogen (secondary N) is 2. The van der Waals surface area contributed by atoms with Gasteiger partial charge in [-0.3, -0.25) is 4.79 Å². The van der Waals surface area contributed by atoms with E-state index in [9.17, 15) is 4.79 Å². The number of hydrogen-bond acceptors (Lipinski definition) is 2. The van der Waals surface area contributed by atoms with Gasteiger partial charge in [0.2, 0.25) is 5.91 Å². The lowest BCUT2D eigenvalue weighted by Gasteiger charge is -2.29. The molecule has 1 heterocycles. The van der Waals surface area contributed by atoms with E-state index >= 15 is 0 Å². The first kappa shape index (κ1) is 18.7. The fourth-order valence-electron chi connectivity index (χ4n) is 3.85. The van der Waals surface area contributed by atoms with E-state index in [0.29, 0.717) is 6.54 Å². The summed E-state index contributed by atoms with van der Waals surface area (Å²) in [6, 6.07) is 10.8. The van der Waals surface area contributed by atoms with Gasteiger partial charge in [0, 0.05) is 18.8 Å². The highest BCUT2D eigenvalue weighted by Gasteiger charge is 2.28. The van der Waals surface area contributed by atoms with Crippen molar-refractivity contribution in [2.24, 2.45) is 0 Å². The van der Waals surface area contributed by atoms with E-state index in [4.69, 9.17) is 0 Å². The zero-order valence-corrected chi connectivity index (χ0v) is 16.8. The monoisotopic (exact) mass is 350 g/mol. The summed E-state index contributed by atoms with van der Waals surface area (Å²) in [5.41, 5.74) is 8.20. The fourth-order valence-corrected chi connectivity index (χ4v) is 3.85. The first-order valence-corrected chi connectivity index (χ1v) is 9.39.